The van der Waals surface area contributed by atoms with Crippen LogP contribution in [0.25, 0.3) is 34.0 Å². The predicted octanol–water partition coefficient (Wildman–Crippen LogP) is 17.0. The Bertz CT molecular complexity index is 2790. The van der Waals surface area contributed by atoms with Crippen molar-refractivity contribution in [2.24, 2.45) is 4.99 Å². The number of nitrogens with zero attached hydrogens (tertiary/aromatic N) is 2. The van der Waals surface area contributed by atoms with Gasteiger partial charge in [-0.2, -0.15) is 43.9 Å². The van der Waals surface area contributed by atoms with Crippen LogP contribution in [-0.2, 0) is 9.31 Å². The number of hydrogen-bond acceptors (Lipinski definition) is 3. The van der Waals surface area contributed by atoms with Gasteiger partial charge in [0.15, 0.2) is 0 Å². The van der Waals surface area contributed by atoms with Gasteiger partial charge in [0.05, 0.1) is 11.4 Å². The Balaban J connectivity index is 1.40. The van der Waals surface area contributed by atoms with Crippen LogP contribution in [-0.4, -0.2) is 54.9 Å². The molecule has 4 nitrogen and oxygen atoms in total. The fourth-order valence-electron chi connectivity index (χ4n) is 10.2. The molecule has 1 aromatic heterocycles. The van der Waals surface area contributed by atoms with E-state index in [1.165, 1.54) is 12.0 Å². The van der Waals surface area contributed by atoms with E-state index in [9.17, 15) is 43.9 Å². The molecule has 1 aliphatic heterocycles. The van der Waals surface area contributed by atoms with E-state index in [4.69, 9.17) is 14.3 Å². The zero-order valence-corrected chi connectivity index (χ0v) is 41.4. The van der Waals surface area contributed by atoms with Gasteiger partial charge in [-0.05, 0) is 158 Å². The Morgan fingerprint density at radius 3 is 1.39 bits per heavy atom. The normalized spacial score (nSPS) is 17.2. The number of halogens is 10. The molecular formula is C57H59BF10N2O2. The minimum atomic E-state index is -6.18. The van der Waals surface area contributed by atoms with Crippen molar-refractivity contribution in [3.63, 3.8) is 0 Å². The smallest absolute Gasteiger partial charge is 0.385 e. The molecule has 0 atom stereocenters. The summed E-state index contributed by atoms with van der Waals surface area (Å²) in [5.74, 6) is -10.5. The van der Waals surface area contributed by atoms with Crippen LogP contribution in [0, 0.1) is 41.5 Å². The quantitative estimate of drug-likeness (QED) is 0.0821. The molecule has 0 radical (unpaired) electrons. The van der Waals surface area contributed by atoms with Crippen LogP contribution >= 0.6 is 0 Å². The summed E-state index contributed by atoms with van der Waals surface area (Å²) in [6.07, 6.45) is 1.81. The van der Waals surface area contributed by atoms with Gasteiger partial charge in [-0.1, -0.05) is 111 Å². The van der Waals surface area contributed by atoms with Crippen molar-refractivity contribution < 1.29 is 53.2 Å². The lowest BCUT2D eigenvalue weighted by atomic mass is 9.84. The summed E-state index contributed by atoms with van der Waals surface area (Å²) in [6.45, 7) is 6.61. The molecule has 0 bridgehead atoms. The van der Waals surface area contributed by atoms with E-state index in [0.717, 1.165) is 112 Å². The van der Waals surface area contributed by atoms with E-state index in [1.807, 2.05) is 96.1 Å². The molecular weight excluding hydrogens is 945 g/mol. The number of aromatic nitrogens is 1. The van der Waals surface area contributed by atoms with Gasteiger partial charge in [-0.15, -0.1) is 0 Å². The molecule has 2 aliphatic carbocycles. The van der Waals surface area contributed by atoms with Crippen LogP contribution in [0.5, 0.6) is 0 Å². The van der Waals surface area contributed by atoms with Crippen LogP contribution in [0.1, 0.15) is 137 Å². The number of alkyl halides is 10. The number of aryl methyl sites for hydroxylation is 4. The third-order valence-electron chi connectivity index (χ3n) is 15.0. The maximum Gasteiger partial charge on any atom is 0.598 e. The molecule has 5 aromatic rings. The molecule has 72 heavy (non-hydrogen) atoms. The van der Waals surface area contributed by atoms with E-state index in [-0.39, 0.29) is 23.0 Å². The summed E-state index contributed by atoms with van der Waals surface area (Å²) in [7, 11) is -2.71. The van der Waals surface area contributed by atoms with Gasteiger partial charge in [-0.25, -0.2) is 4.99 Å². The van der Waals surface area contributed by atoms with Gasteiger partial charge in [-0.3, -0.25) is 0 Å². The molecule has 0 spiro atoms. The summed E-state index contributed by atoms with van der Waals surface area (Å²) in [5, 5.41) is 0. The first-order valence-electron chi connectivity index (χ1n) is 24.7. The highest BCUT2D eigenvalue weighted by Gasteiger charge is 2.60. The molecule has 8 rings (SSSR count). The summed E-state index contributed by atoms with van der Waals surface area (Å²) < 4.78 is 154. The Kier molecular flexibility index (Phi) is 15.3. The van der Waals surface area contributed by atoms with E-state index in [1.54, 1.807) is 24.3 Å². The monoisotopic (exact) mass is 1000 g/mol. The van der Waals surface area contributed by atoms with Crippen molar-refractivity contribution in [2.75, 3.05) is 13.2 Å². The molecule has 15 heteroatoms. The van der Waals surface area contributed by atoms with Crippen LogP contribution in [0.2, 0.25) is 0 Å². The maximum absolute atomic E-state index is 14.9. The van der Waals surface area contributed by atoms with Crippen molar-refractivity contribution in [3.05, 3.63) is 152 Å². The molecule has 2 fully saturated rings. The van der Waals surface area contributed by atoms with Gasteiger partial charge in [0, 0.05) is 28.1 Å². The minimum Gasteiger partial charge on any atom is -0.385 e. The number of rotatable bonds is 14. The fourth-order valence-corrected chi connectivity index (χ4v) is 10.2. The number of aliphatic imine (C=N–C) groups is 1. The summed E-state index contributed by atoms with van der Waals surface area (Å²) in [4.78, 5) is 5.15. The predicted molar refractivity (Wildman–Crippen MR) is 266 cm³/mol. The van der Waals surface area contributed by atoms with Crippen molar-refractivity contribution in [3.8, 4) is 22.4 Å². The van der Waals surface area contributed by atoms with Crippen molar-refractivity contribution in [1.29, 1.82) is 0 Å². The summed E-state index contributed by atoms with van der Waals surface area (Å²) >= 11 is 0. The average molecular weight is 1000 g/mol. The number of allylic oxidation sites excluding steroid dienone is 2. The Morgan fingerprint density at radius 2 is 0.958 bits per heavy atom. The highest BCUT2D eigenvalue weighted by Crippen LogP contribution is 2.44. The lowest BCUT2D eigenvalue weighted by Crippen LogP contribution is -2.48. The Labute approximate surface area is 415 Å². The van der Waals surface area contributed by atoms with E-state index >= 15 is 0 Å². The van der Waals surface area contributed by atoms with Gasteiger partial charge >= 0.3 is 31.5 Å². The van der Waals surface area contributed by atoms with E-state index in [0.29, 0.717) is 33.9 Å². The SMILES string of the molecule is Cc1cc(C2=CC(c3ccc(C4CCCCC4)cc3)=N/C2=C\c2c(-c3cc(C)c(C)c(C)c3)cc(-c3ccc(C4CCCCC4)cc3)n2B(OCC(F)(F)C(F)(F)F)OCC(F)(F)C(F)(F)F)cc(C)c1C. The highest BCUT2D eigenvalue weighted by molar-refractivity contribution is 6.44. The van der Waals surface area contributed by atoms with E-state index < -0.39 is 44.7 Å². The molecule has 2 heterocycles. The molecule has 382 valence electrons. The molecule has 3 aliphatic rings. The Hall–Kier alpha value is -5.41. The third-order valence-corrected chi connectivity index (χ3v) is 15.0. The summed E-state index contributed by atoms with van der Waals surface area (Å²) in [5.41, 5.74) is 11.9. The van der Waals surface area contributed by atoms with Crippen molar-refractivity contribution >= 4 is 24.6 Å². The second-order valence-electron chi connectivity index (χ2n) is 20.0. The van der Waals surface area contributed by atoms with Gasteiger partial charge in [0.1, 0.15) is 13.2 Å². The van der Waals surface area contributed by atoms with Crippen LogP contribution < -0.4 is 0 Å². The topological polar surface area (TPSA) is 35.8 Å². The molecule has 0 unspecified atom stereocenters. The zero-order chi connectivity index (χ0) is 51.9. The summed E-state index contributed by atoms with van der Waals surface area (Å²) in [6, 6.07) is 24.5. The van der Waals surface area contributed by atoms with Crippen molar-refractivity contribution in [1.82, 2.24) is 4.48 Å². The molecule has 0 amide bonds. The standard InChI is InChI=1S/C57H59BF10N2O2/c1-34-25-46(26-35(2)38(34)5)48-29-50(44-21-17-42(18-22-44)40-13-9-7-10-14-40)69-51(48)31-53-49(47-27-36(3)39(6)37(4)28-47)30-52(45-23-19-43(20-24-45)41-15-11-8-12-16-41)70(53)58(71-32-54(59,60)56(63,64)65)72-33-55(61,62)57(66,67)68/h17-31,40-41H,7-16,32-33H2,1-6H3/b51-31-. The van der Waals surface area contributed by atoms with Crippen LogP contribution in [0.4, 0.5) is 43.9 Å². The van der Waals surface area contributed by atoms with Crippen LogP contribution in [0.15, 0.2) is 95.6 Å². The fraction of sp³-hybridized carbons (Fsp3) is 0.421. The second-order valence-corrected chi connectivity index (χ2v) is 20.0. The van der Waals surface area contributed by atoms with Crippen LogP contribution in [0.3, 0.4) is 0 Å². The van der Waals surface area contributed by atoms with Gasteiger partial charge in [0.25, 0.3) is 0 Å². The van der Waals surface area contributed by atoms with E-state index in [2.05, 4.69) is 12.1 Å². The average Bonchev–Trinajstić information content (AvgIpc) is 3.94. The van der Waals surface area contributed by atoms with Crippen molar-refractivity contribution in [2.45, 2.75) is 142 Å². The zero-order valence-electron chi connectivity index (χ0n) is 41.4. The third kappa shape index (κ3) is 11.2. The lowest BCUT2D eigenvalue weighted by molar-refractivity contribution is -0.295. The first-order chi connectivity index (χ1) is 33.9. The first kappa shape index (κ1) is 52.9. The van der Waals surface area contributed by atoms with Gasteiger partial charge < -0.3 is 13.8 Å². The second kappa shape index (κ2) is 20.8. The highest BCUT2D eigenvalue weighted by atomic mass is 19.4. The lowest BCUT2D eigenvalue weighted by Gasteiger charge is -2.26. The molecule has 0 saturated heterocycles. The van der Waals surface area contributed by atoms with Gasteiger partial charge in [0.2, 0.25) is 0 Å². The minimum absolute atomic E-state index is 0.0200. The first-order valence-corrected chi connectivity index (χ1v) is 24.7. The molecule has 2 saturated carbocycles. The largest absolute Gasteiger partial charge is 0.598 e. The molecule has 0 N–H and O–H groups in total. The number of hydrogen-bond donors (Lipinski definition) is 0. The maximum atomic E-state index is 14.9. The Morgan fingerprint density at radius 1 is 0.542 bits per heavy atom. The number of benzene rings is 4. The molecule has 4 aromatic carbocycles.